The summed E-state index contributed by atoms with van der Waals surface area (Å²) in [5, 5.41) is 4.92. The van der Waals surface area contributed by atoms with Gasteiger partial charge in [0.05, 0.1) is 10.6 Å². The second kappa shape index (κ2) is 8.08. The zero-order valence-electron chi connectivity index (χ0n) is 14.3. The van der Waals surface area contributed by atoms with Crippen LogP contribution in [0.1, 0.15) is 15.2 Å². The van der Waals surface area contributed by atoms with Gasteiger partial charge in [0.2, 0.25) is 0 Å². The van der Waals surface area contributed by atoms with Gasteiger partial charge in [-0.1, -0.05) is 17.7 Å². The highest BCUT2D eigenvalue weighted by molar-refractivity contribution is 7.92. The van der Waals surface area contributed by atoms with E-state index in [1.165, 1.54) is 42.6 Å². The molecule has 0 bridgehead atoms. The van der Waals surface area contributed by atoms with Crippen LogP contribution >= 0.6 is 22.9 Å². The molecule has 3 rings (SSSR count). The lowest BCUT2D eigenvalue weighted by molar-refractivity contribution is 0.0955. The number of amides is 1. The highest BCUT2D eigenvalue weighted by atomic mass is 35.5. The van der Waals surface area contributed by atoms with E-state index >= 15 is 0 Å². The zero-order chi connectivity index (χ0) is 19.4. The first kappa shape index (κ1) is 19.3. The van der Waals surface area contributed by atoms with Crippen molar-refractivity contribution < 1.29 is 13.2 Å². The first-order valence-corrected chi connectivity index (χ1v) is 10.6. The fraction of sp³-hybridized carbons (Fsp3) is 0.111. The molecule has 0 atom stereocenters. The molecule has 0 saturated heterocycles. The number of sulfonamides is 1. The van der Waals surface area contributed by atoms with E-state index in [0.717, 1.165) is 9.87 Å². The second-order valence-electron chi connectivity index (χ2n) is 5.61. The third kappa shape index (κ3) is 4.29. The predicted octanol–water partition coefficient (Wildman–Crippen LogP) is 3.55. The van der Waals surface area contributed by atoms with Crippen LogP contribution in [-0.2, 0) is 16.6 Å². The molecule has 140 valence electrons. The van der Waals surface area contributed by atoms with Gasteiger partial charge in [0, 0.05) is 31.0 Å². The molecule has 0 aliphatic carbocycles. The summed E-state index contributed by atoms with van der Waals surface area (Å²) >= 11 is 7.01. The van der Waals surface area contributed by atoms with Gasteiger partial charge in [-0.2, -0.15) is 0 Å². The van der Waals surface area contributed by atoms with E-state index in [9.17, 15) is 13.2 Å². The number of halogens is 1. The molecule has 6 nitrogen and oxygen atoms in total. The normalized spacial score (nSPS) is 11.2. The maximum Gasteiger partial charge on any atom is 0.264 e. The third-order valence-electron chi connectivity index (χ3n) is 3.84. The summed E-state index contributed by atoms with van der Waals surface area (Å²) in [6, 6.07) is 11.1. The number of anilines is 1. The standard InChI is InChI=1S/C18H16ClN3O3S2/c1-22(27(24,25)15-6-4-14(19)5-7-15)16-8-10-26-17(16)18(23)21-12-13-3-2-9-20-11-13/h2-11H,12H2,1H3,(H,21,23). The van der Waals surface area contributed by atoms with Crippen LogP contribution in [0.15, 0.2) is 65.1 Å². The Hall–Kier alpha value is -2.42. The van der Waals surface area contributed by atoms with Gasteiger partial charge in [-0.25, -0.2) is 8.42 Å². The van der Waals surface area contributed by atoms with E-state index in [1.54, 1.807) is 29.9 Å². The zero-order valence-corrected chi connectivity index (χ0v) is 16.7. The third-order valence-corrected chi connectivity index (χ3v) is 6.78. The number of carbonyl (C=O) groups is 1. The molecule has 0 aliphatic rings. The van der Waals surface area contributed by atoms with Crippen LogP contribution in [0.5, 0.6) is 0 Å². The molecule has 1 amide bonds. The van der Waals surface area contributed by atoms with Crippen molar-refractivity contribution in [2.24, 2.45) is 0 Å². The van der Waals surface area contributed by atoms with Crippen molar-refractivity contribution in [3.63, 3.8) is 0 Å². The van der Waals surface area contributed by atoms with E-state index in [1.807, 2.05) is 6.07 Å². The lowest BCUT2D eigenvalue weighted by Crippen LogP contribution is -2.29. The van der Waals surface area contributed by atoms with E-state index in [-0.39, 0.29) is 10.8 Å². The number of nitrogens with one attached hydrogen (secondary N) is 1. The number of rotatable bonds is 6. The van der Waals surface area contributed by atoms with Crippen molar-refractivity contribution in [1.29, 1.82) is 0 Å². The quantitative estimate of drug-likeness (QED) is 0.660. The number of hydrogen-bond donors (Lipinski definition) is 1. The average Bonchev–Trinajstić information content (AvgIpc) is 3.16. The Morgan fingerprint density at radius 2 is 1.96 bits per heavy atom. The number of benzene rings is 1. The van der Waals surface area contributed by atoms with Crippen LogP contribution in [0.2, 0.25) is 5.02 Å². The van der Waals surface area contributed by atoms with E-state index in [2.05, 4.69) is 10.3 Å². The molecular weight excluding hydrogens is 406 g/mol. The highest BCUT2D eigenvalue weighted by Gasteiger charge is 2.26. The van der Waals surface area contributed by atoms with Gasteiger partial charge in [-0.05, 0) is 47.3 Å². The topological polar surface area (TPSA) is 79.4 Å². The number of thiophene rings is 1. The Morgan fingerprint density at radius 3 is 2.63 bits per heavy atom. The molecular formula is C18H16ClN3O3S2. The van der Waals surface area contributed by atoms with Gasteiger partial charge in [0.15, 0.2) is 0 Å². The lowest BCUT2D eigenvalue weighted by atomic mass is 10.3. The van der Waals surface area contributed by atoms with E-state index < -0.39 is 10.0 Å². The van der Waals surface area contributed by atoms with Crippen molar-refractivity contribution in [3.8, 4) is 0 Å². The summed E-state index contributed by atoms with van der Waals surface area (Å²) in [5.41, 5.74) is 1.17. The summed E-state index contributed by atoms with van der Waals surface area (Å²) in [5.74, 6) is -0.345. The van der Waals surface area contributed by atoms with Crippen LogP contribution in [0.3, 0.4) is 0 Å². The SMILES string of the molecule is CN(c1ccsc1C(=O)NCc1cccnc1)S(=O)(=O)c1ccc(Cl)cc1. The molecule has 0 spiro atoms. The van der Waals surface area contributed by atoms with Crippen molar-refractivity contribution in [1.82, 2.24) is 10.3 Å². The molecule has 0 unspecified atom stereocenters. The predicted molar refractivity (Wildman–Crippen MR) is 107 cm³/mol. The largest absolute Gasteiger partial charge is 0.347 e. The smallest absolute Gasteiger partial charge is 0.264 e. The summed E-state index contributed by atoms with van der Waals surface area (Å²) in [6.45, 7) is 0.303. The fourth-order valence-corrected chi connectivity index (χ4v) is 4.61. The number of pyridine rings is 1. The Bertz CT molecular complexity index is 1040. The Kier molecular flexibility index (Phi) is 5.79. The van der Waals surface area contributed by atoms with Gasteiger partial charge in [-0.3, -0.25) is 14.1 Å². The second-order valence-corrected chi connectivity index (χ2v) is 8.93. The maximum absolute atomic E-state index is 12.8. The van der Waals surface area contributed by atoms with Crippen molar-refractivity contribution in [3.05, 3.63) is 75.7 Å². The van der Waals surface area contributed by atoms with Crippen LogP contribution < -0.4 is 9.62 Å². The van der Waals surface area contributed by atoms with Gasteiger partial charge in [0.1, 0.15) is 4.88 Å². The average molecular weight is 422 g/mol. The Balaban J connectivity index is 1.81. The van der Waals surface area contributed by atoms with Crippen molar-refractivity contribution in [2.75, 3.05) is 11.4 Å². The molecule has 2 heterocycles. The molecule has 0 fully saturated rings. The van der Waals surface area contributed by atoms with Gasteiger partial charge >= 0.3 is 0 Å². The molecule has 1 aromatic carbocycles. The lowest BCUT2D eigenvalue weighted by Gasteiger charge is -2.19. The summed E-state index contributed by atoms with van der Waals surface area (Å²) in [6.07, 6.45) is 3.31. The summed E-state index contributed by atoms with van der Waals surface area (Å²) in [7, 11) is -2.39. The van der Waals surface area contributed by atoms with E-state index in [0.29, 0.717) is 22.1 Å². The number of hydrogen-bond acceptors (Lipinski definition) is 5. The molecule has 2 aromatic heterocycles. The first-order chi connectivity index (χ1) is 12.9. The minimum Gasteiger partial charge on any atom is -0.347 e. The maximum atomic E-state index is 12.8. The molecule has 0 saturated carbocycles. The Labute approximate surface area is 166 Å². The van der Waals surface area contributed by atoms with Gasteiger partial charge < -0.3 is 5.32 Å². The monoisotopic (exact) mass is 421 g/mol. The van der Waals surface area contributed by atoms with Gasteiger partial charge in [0.25, 0.3) is 15.9 Å². The van der Waals surface area contributed by atoms with Crippen LogP contribution in [0.4, 0.5) is 5.69 Å². The number of carbonyl (C=O) groups excluding carboxylic acids is 1. The molecule has 1 N–H and O–H groups in total. The highest BCUT2D eigenvalue weighted by Crippen LogP contribution is 2.30. The van der Waals surface area contributed by atoms with Crippen LogP contribution in [-0.4, -0.2) is 26.4 Å². The Morgan fingerprint density at radius 1 is 1.22 bits per heavy atom. The first-order valence-electron chi connectivity index (χ1n) is 7.88. The minimum absolute atomic E-state index is 0.0994. The molecule has 9 heteroatoms. The number of aromatic nitrogens is 1. The molecule has 27 heavy (non-hydrogen) atoms. The summed E-state index contributed by atoms with van der Waals surface area (Å²) < 4.78 is 26.8. The van der Waals surface area contributed by atoms with Crippen molar-refractivity contribution in [2.45, 2.75) is 11.4 Å². The van der Waals surface area contributed by atoms with Crippen LogP contribution in [0.25, 0.3) is 0 Å². The molecule has 0 radical (unpaired) electrons. The molecule has 0 aliphatic heterocycles. The van der Waals surface area contributed by atoms with E-state index in [4.69, 9.17) is 11.6 Å². The van der Waals surface area contributed by atoms with Crippen LogP contribution in [0, 0.1) is 0 Å². The number of nitrogens with zero attached hydrogens (tertiary/aromatic N) is 2. The minimum atomic E-state index is -3.81. The van der Waals surface area contributed by atoms with Crippen molar-refractivity contribution >= 4 is 44.6 Å². The molecule has 3 aromatic rings. The van der Waals surface area contributed by atoms with Gasteiger partial charge in [-0.15, -0.1) is 11.3 Å². The fourth-order valence-electron chi connectivity index (χ4n) is 2.38. The summed E-state index contributed by atoms with van der Waals surface area (Å²) in [4.78, 5) is 17.0.